The van der Waals surface area contributed by atoms with Gasteiger partial charge in [-0.1, -0.05) is 5.57 Å². The fourth-order valence-corrected chi connectivity index (χ4v) is 1.93. The van der Waals surface area contributed by atoms with Crippen molar-refractivity contribution in [1.82, 2.24) is 0 Å². The first-order chi connectivity index (χ1) is 8.36. The highest BCUT2D eigenvalue weighted by atomic mass is 16.5. The molecule has 7 heteroatoms. The van der Waals surface area contributed by atoms with Crippen LogP contribution in [0.2, 0.25) is 0 Å². The molecule has 0 amide bonds. The third-order valence-electron chi connectivity index (χ3n) is 2.88. The fourth-order valence-electron chi connectivity index (χ4n) is 1.93. The van der Waals surface area contributed by atoms with Crippen molar-refractivity contribution >= 4 is 5.97 Å². The van der Waals surface area contributed by atoms with Crippen LogP contribution in [0.3, 0.4) is 0 Å². The summed E-state index contributed by atoms with van der Waals surface area (Å²) in [5.74, 6) is -1.11. The zero-order valence-corrected chi connectivity index (χ0v) is 9.93. The Morgan fingerprint density at radius 3 is 2.22 bits per heavy atom. The number of aliphatic carboxylic acids is 1. The SMILES string of the molecule is CC(=CC(=O)O)C[C@@H]1O[C@H](CO)[C@H](O)[C@H](O)[C@H]1O. The van der Waals surface area contributed by atoms with Gasteiger partial charge in [0.15, 0.2) is 0 Å². The fraction of sp³-hybridized carbons (Fsp3) is 0.727. The third-order valence-corrected chi connectivity index (χ3v) is 2.88. The van der Waals surface area contributed by atoms with E-state index in [2.05, 4.69) is 0 Å². The summed E-state index contributed by atoms with van der Waals surface area (Å²) in [7, 11) is 0. The molecule has 0 unspecified atom stereocenters. The van der Waals surface area contributed by atoms with Crippen LogP contribution in [0.1, 0.15) is 13.3 Å². The molecular formula is C11H18O7. The van der Waals surface area contributed by atoms with Crippen molar-refractivity contribution in [2.45, 2.75) is 43.9 Å². The number of carbonyl (C=O) groups is 1. The lowest BCUT2D eigenvalue weighted by Crippen LogP contribution is -2.58. The zero-order chi connectivity index (χ0) is 13.9. The molecule has 1 saturated heterocycles. The molecule has 104 valence electrons. The van der Waals surface area contributed by atoms with E-state index in [0.717, 1.165) is 6.08 Å². The van der Waals surface area contributed by atoms with Crippen molar-refractivity contribution in [3.8, 4) is 0 Å². The molecule has 7 nitrogen and oxygen atoms in total. The van der Waals surface area contributed by atoms with Gasteiger partial charge in [-0.3, -0.25) is 0 Å². The maximum Gasteiger partial charge on any atom is 0.328 e. The molecule has 0 aromatic rings. The van der Waals surface area contributed by atoms with E-state index in [1.165, 1.54) is 0 Å². The molecular weight excluding hydrogens is 244 g/mol. The predicted octanol–water partition coefficient (Wildman–Crippen LogP) is -1.75. The van der Waals surface area contributed by atoms with Gasteiger partial charge in [0, 0.05) is 6.08 Å². The van der Waals surface area contributed by atoms with Crippen molar-refractivity contribution in [3.63, 3.8) is 0 Å². The lowest BCUT2D eigenvalue weighted by Gasteiger charge is -2.40. The van der Waals surface area contributed by atoms with Crippen LogP contribution in [0.5, 0.6) is 0 Å². The van der Waals surface area contributed by atoms with Gasteiger partial charge >= 0.3 is 5.97 Å². The van der Waals surface area contributed by atoms with Crippen molar-refractivity contribution in [1.29, 1.82) is 0 Å². The van der Waals surface area contributed by atoms with E-state index in [4.69, 9.17) is 14.9 Å². The van der Waals surface area contributed by atoms with Crippen LogP contribution in [0, 0.1) is 0 Å². The van der Waals surface area contributed by atoms with Gasteiger partial charge in [0.05, 0.1) is 12.7 Å². The molecule has 18 heavy (non-hydrogen) atoms. The topological polar surface area (TPSA) is 127 Å². The molecule has 0 spiro atoms. The number of hydrogen-bond acceptors (Lipinski definition) is 6. The summed E-state index contributed by atoms with van der Waals surface area (Å²) in [6, 6.07) is 0. The molecule has 0 radical (unpaired) electrons. The number of aliphatic hydroxyl groups excluding tert-OH is 4. The van der Waals surface area contributed by atoms with Gasteiger partial charge in [0.2, 0.25) is 0 Å². The van der Waals surface area contributed by atoms with Crippen LogP contribution in [-0.2, 0) is 9.53 Å². The molecule has 0 saturated carbocycles. The summed E-state index contributed by atoms with van der Waals surface area (Å²) < 4.78 is 5.24. The Bertz CT molecular complexity index is 325. The normalized spacial score (nSPS) is 37.6. The van der Waals surface area contributed by atoms with E-state index in [1.54, 1.807) is 6.92 Å². The summed E-state index contributed by atoms with van der Waals surface area (Å²) in [4.78, 5) is 10.5. The van der Waals surface area contributed by atoms with E-state index >= 15 is 0 Å². The summed E-state index contributed by atoms with van der Waals surface area (Å²) >= 11 is 0. The Hall–Kier alpha value is -0.990. The van der Waals surface area contributed by atoms with Crippen LogP contribution >= 0.6 is 0 Å². The van der Waals surface area contributed by atoms with Crippen molar-refractivity contribution in [3.05, 3.63) is 11.6 Å². The minimum Gasteiger partial charge on any atom is -0.478 e. The smallest absolute Gasteiger partial charge is 0.328 e. The van der Waals surface area contributed by atoms with Crippen molar-refractivity contribution in [2.24, 2.45) is 0 Å². The second kappa shape index (κ2) is 6.26. The summed E-state index contributed by atoms with van der Waals surface area (Å²) in [6.45, 7) is 1.05. The summed E-state index contributed by atoms with van der Waals surface area (Å²) in [6.07, 6.45) is -4.93. The summed E-state index contributed by atoms with van der Waals surface area (Å²) in [5.41, 5.74) is 0.451. The minimum absolute atomic E-state index is 0.0910. The molecule has 5 atom stereocenters. The Labute approximate surface area is 104 Å². The Morgan fingerprint density at radius 2 is 1.72 bits per heavy atom. The molecule has 0 aliphatic carbocycles. The van der Waals surface area contributed by atoms with Gasteiger partial charge in [-0.05, 0) is 13.3 Å². The Morgan fingerprint density at radius 1 is 1.17 bits per heavy atom. The standard InChI is InChI=1S/C11H18O7/c1-5(3-8(13)14)2-6-9(15)11(17)10(16)7(4-12)18-6/h3,6-7,9-12,15-17H,2,4H2,1H3,(H,13,14)/t6-,7+,9-,10-,11+/m0/s1. The number of ether oxygens (including phenoxy) is 1. The maximum absolute atomic E-state index is 10.5. The highest BCUT2D eigenvalue weighted by molar-refractivity contribution is 5.80. The molecule has 1 heterocycles. The zero-order valence-electron chi connectivity index (χ0n) is 9.93. The predicted molar refractivity (Wildman–Crippen MR) is 59.8 cm³/mol. The molecule has 1 fully saturated rings. The van der Waals surface area contributed by atoms with Crippen LogP contribution in [0.15, 0.2) is 11.6 Å². The van der Waals surface area contributed by atoms with Crippen LogP contribution < -0.4 is 0 Å². The minimum atomic E-state index is -1.43. The summed E-state index contributed by atoms with van der Waals surface area (Å²) in [5, 5.41) is 46.3. The first-order valence-electron chi connectivity index (χ1n) is 5.57. The quantitative estimate of drug-likeness (QED) is 0.380. The molecule has 5 N–H and O–H groups in total. The highest BCUT2D eigenvalue weighted by Gasteiger charge is 2.43. The number of rotatable bonds is 4. The first-order valence-corrected chi connectivity index (χ1v) is 5.57. The number of hydrogen-bond donors (Lipinski definition) is 5. The van der Waals surface area contributed by atoms with Gasteiger partial charge in [0.1, 0.15) is 24.4 Å². The van der Waals surface area contributed by atoms with E-state index in [0.29, 0.717) is 5.57 Å². The van der Waals surface area contributed by atoms with Gasteiger partial charge < -0.3 is 30.3 Å². The molecule has 1 aliphatic heterocycles. The number of carboxylic acid groups (broad SMARTS) is 1. The maximum atomic E-state index is 10.5. The van der Waals surface area contributed by atoms with Crippen LogP contribution in [0.25, 0.3) is 0 Å². The van der Waals surface area contributed by atoms with Gasteiger partial charge in [-0.2, -0.15) is 0 Å². The van der Waals surface area contributed by atoms with Gasteiger partial charge in [-0.25, -0.2) is 4.79 Å². The lowest BCUT2D eigenvalue weighted by molar-refractivity contribution is -0.228. The number of aliphatic hydroxyl groups is 4. The molecule has 1 rings (SSSR count). The van der Waals surface area contributed by atoms with Gasteiger partial charge in [-0.15, -0.1) is 0 Å². The molecule has 1 aliphatic rings. The van der Waals surface area contributed by atoms with E-state index in [-0.39, 0.29) is 6.42 Å². The number of carboxylic acids is 1. The first kappa shape index (κ1) is 15.1. The van der Waals surface area contributed by atoms with Crippen LogP contribution in [0.4, 0.5) is 0 Å². The van der Waals surface area contributed by atoms with Gasteiger partial charge in [0.25, 0.3) is 0 Å². The molecule has 0 aromatic heterocycles. The van der Waals surface area contributed by atoms with E-state index in [9.17, 15) is 20.1 Å². The average Bonchev–Trinajstić information content (AvgIpc) is 2.29. The Balaban J connectivity index is 2.73. The van der Waals surface area contributed by atoms with Crippen molar-refractivity contribution in [2.75, 3.05) is 6.61 Å². The monoisotopic (exact) mass is 262 g/mol. The average molecular weight is 262 g/mol. The van der Waals surface area contributed by atoms with E-state index < -0.39 is 43.1 Å². The second-order valence-corrected chi connectivity index (χ2v) is 4.40. The van der Waals surface area contributed by atoms with Crippen LogP contribution in [-0.4, -0.2) is 68.6 Å². The second-order valence-electron chi connectivity index (χ2n) is 4.40. The van der Waals surface area contributed by atoms with Crippen molar-refractivity contribution < 1.29 is 35.1 Å². The lowest BCUT2D eigenvalue weighted by atomic mass is 9.92. The molecule has 0 aromatic carbocycles. The largest absolute Gasteiger partial charge is 0.478 e. The molecule has 0 bridgehead atoms. The Kier molecular flexibility index (Phi) is 5.24. The third kappa shape index (κ3) is 3.50. The highest BCUT2D eigenvalue weighted by Crippen LogP contribution is 2.25. The van der Waals surface area contributed by atoms with E-state index in [1.807, 2.05) is 0 Å².